The summed E-state index contributed by atoms with van der Waals surface area (Å²) in [6.07, 6.45) is 3.46. The molecule has 2 N–H and O–H groups in total. The van der Waals surface area contributed by atoms with E-state index in [9.17, 15) is 9.59 Å². The molecule has 148 valence electrons. The number of carbonyl (C=O) groups is 2. The predicted octanol–water partition coefficient (Wildman–Crippen LogP) is 3.39. The Bertz CT molecular complexity index is 829. The fourth-order valence-electron chi connectivity index (χ4n) is 2.52. The average Bonchev–Trinajstić information content (AvgIpc) is 2.73. The number of para-hydroxylation sites is 1. The van der Waals surface area contributed by atoms with Gasteiger partial charge in [-0.25, -0.2) is 0 Å². The van der Waals surface area contributed by atoms with E-state index in [1.54, 1.807) is 49.6 Å². The van der Waals surface area contributed by atoms with Crippen LogP contribution in [0.3, 0.4) is 0 Å². The largest absolute Gasteiger partial charge is 0.497 e. The molecule has 0 bridgehead atoms. The summed E-state index contributed by atoms with van der Waals surface area (Å²) in [6.45, 7) is 2.59. The van der Waals surface area contributed by atoms with Crippen LogP contribution in [0, 0.1) is 0 Å². The molecule has 2 aromatic rings. The molecule has 0 unspecified atom stereocenters. The maximum Gasteiger partial charge on any atom is 0.267 e. The van der Waals surface area contributed by atoms with E-state index in [0.29, 0.717) is 23.6 Å². The number of unbranched alkanes of at least 4 members (excludes halogenated alkanes) is 1. The van der Waals surface area contributed by atoms with Gasteiger partial charge in [-0.1, -0.05) is 37.6 Å². The molecule has 6 nitrogen and oxygen atoms in total. The first-order valence-electron chi connectivity index (χ1n) is 9.17. The Kier molecular flexibility index (Phi) is 8.09. The summed E-state index contributed by atoms with van der Waals surface area (Å²) in [6, 6.07) is 14.1. The van der Waals surface area contributed by atoms with Gasteiger partial charge in [0.25, 0.3) is 11.8 Å². The first-order valence-corrected chi connectivity index (χ1v) is 9.17. The number of hydrogen-bond donors (Lipinski definition) is 2. The van der Waals surface area contributed by atoms with Crippen LogP contribution < -0.4 is 20.1 Å². The van der Waals surface area contributed by atoms with E-state index >= 15 is 0 Å². The Morgan fingerprint density at radius 2 is 1.71 bits per heavy atom. The van der Waals surface area contributed by atoms with Crippen molar-refractivity contribution in [1.82, 2.24) is 10.6 Å². The molecule has 0 saturated carbocycles. The fourth-order valence-corrected chi connectivity index (χ4v) is 2.52. The zero-order chi connectivity index (χ0) is 20.4. The Morgan fingerprint density at radius 1 is 1.00 bits per heavy atom. The molecule has 0 aliphatic rings. The molecule has 0 aromatic heterocycles. The molecule has 2 amide bonds. The van der Waals surface area contributed by atoms with Gasteiger partial charge < -0.3 is 20.1 Å². The summed E-state index contributed by atoms with van der Waals surface area (Å²) in [5.74, 6) is 0.398. The van der Waals surface area contributed by atoms with Crippen molar-refractivity contribution in [3.63, 3.8) is 0 Å². The van der Waals surface area contributed by atoms with Gasteiger partial charge >= 0.3 is 0 Å². The number of methoxy groups -OCH3 is 2. The zero-order valence-corrected chi connectivity index (χ0v) is 16.5. The zero-order valence-electron chi connectivity index (χ0n) is 16.5. The third-order valence-corrected chi connectivity index (χ3v) is 4.09. The summed E-state index contributed by atoms with van der Waals surface area (Å²) in [5.41, 5.74) is 1.28. The molecular formula is C22H26N2O4. The highest BCUT2D eigenvalue weighted by Gasteiger charge is 2.17. The van der Waals surface area contributed by atoms with Crippen molar-refractivity contribution in [1.29, 1.82) is 0 Å². The summed E-state index contributed by atoms with van der Waals surface area (Å²) >= 11 is 0. The quantitative estimate of drug-likeness (QED) is 0.515. The number of rotatable bonds is 9. The first-order chi connectivity index (χ1) is 13.6. The van der Waals surface area contributed by atoms with E-state index in [1.807, 2.05) is 19.1 Å². The molecule has 0 fully saturated rings. The lowest BCUT2D eigenvalue weighted by Crippen LogP contribution is -2.35. The Morgan fingerprint density at radius 3 is 2.36 bits per heavy atom. The van der Waals surface area contributed by atoms with Crippen LogP contribution in [0.4, 0.5) is 0 Å². The molecular weight excluding hydrogens is 356 g/mol. The number of benzene rings is 2. The minimum Gasteiger partial charge on any atom is -0.497 e. The highest BCUT2D eigenvalue weighted by atomic mass is 16.5. The van der Waals surface area contributed by atoms with Crippen LogP contribution in [-0.2, 0) is 4.79 Å². The smallest absolute Gasteiger partial charge is 0.267 e. The van der Waals surface area contributed by atoms with Gasteiger partial charge in [0.2, 0.25) is 0 Å². The van der Waals surface area contributed by atoms with Crippen LogP contribution in [0.5, 0.6) is 11.5 Å². The molecule has 0 heterocycles. The minimum atomic E-state index is -0.414. The molecule has 0 aliphatic heterocycles. The third kappa shape index (κ3) is 5.87. The second-order valence-electron chi connectivity index (χ2n) is 6.10. The molecule has 0 atom stereocenters. The first kappa shape index (κ1) is 21.0. The SMILES string of the molecule is CCCCNC(=O)C(=Cc1ccc(OC)cc1)NC(=O)c1ccccc1OC. The molecule has 0 radical (unpaired) electrons. The van der Waals surface area contributed by atoms with E-state index < -0.39 is 5.91 Å². The number of hydrogen-bond acceptors (Lipinski definition) is 4. The second-order valence-corrected chi connectivity index (χ2v) is 6.10. The van der Waals surface area contributed by atoms with Gasteiger partial charge in [0.15, 0.2) is 0 Å². The summed E-state index contributed by atoms with van der Waals surface area (Å²) in [7, 11) is 3.09. The summed E-state index contributed by atoms with van der Waals surface area (Å²) < 4.78 is 10.4. The number of amides is 2. The van der Waals surface area contributed by atoms with Crippen LogP contribution in [-0.4, -0.2) is 32.6 Å². The summed E-state index contributed by atoms with van der Waals surface area (Å²) in [4.78, 5) is 25.3. The standard InChI is InChI=1S/C22H26N2O4/c1-4-5-14-23-22(26)19(15-16-10-12-17(27-2)13-11-16)24-21(25)18-8-6-7-9-20(18)28-3/h6-13,15H,4-5,14H2,1-3H3,(H,23,26)(H,24,25). The number of carbonyl (C=O) groups excluding carboxylic acids is 2. The van der Waals surface area contributed by atoms with Crippen molar-refractivity contribution in [3.05, 3.63) is 65.4 Å². The van der Waals surface area contributed by atoms with E-state index in [1.165, 1.54) is 7.11 Å². The van der Waals surface area contributed by atoms with E-state index in [2.05, 4.69) is 10.6 Å². The van der Waals surface area contributed by atoms with Crippen molar-refractivity contribution in [3.8, 4) is 11.5 Å². The Hall–Kier alpha value is -3.28. The highest BCUT2D eigenvalue weighted by molar-refractivity contribution is 6.06. The Labute approximate surface area is 165 Å². The van der Waals surface area contributed by atoms with E-state index in [4.69, 9.17) is 9.47 Å². The van der Waals surface area contributed by atoms with Gasteiger partial charge in [0.1, 0.15) is 17.2 Å². The predicted molar refractivity (Wildman–Crippen MR) is 109 cm³/mol. The molecule has 0 spiro atoms. The molecule has 6 heteroatoms. The van der Waals surface area contributed by atoms with Crippen LogP contribution >= 0.6 is 0 Å². The van der Waals surface area contributed by atoms with Gasteiger partial charge in [-0.2, -0.15) is 0 Å². The third-order valence-electron chi connectivity index (χ3n) is 4.09. The molecule has 28 heavy (non-hydrogen) atoms. The van der Waals surface area contributed by atoms with Crippen molar-refractivity contribution in [2.75, 3.05) is 20.8 Å². The van der Waals surface area contributed by atoms with Crippen LogP contribution in [0.25, 0.3) is 6.08 Å². The van der Waals surface area contributed by atoms with Crippen molar-refractivity contribution in [2.24, 2.45) is 0 Å². The van der Waals surface area contributed by atoms with Crippen molar-refractivity contribution < 1.29 is 19.1 Å². The molecule has 2 aromatic carbocycles. The van der Waals surface area contributed by atoms with Gasteiger partial charge in [0.05, 0.1) is 19.8 Å². The molecule has 0 aliphatic carbocycles. The van der Waals surface area contributed by atoms with Crippen LogP contribution in [0.15, 0.2) is 54.2 Å². The van der Waals surface area contributed by atoms with Gasteiger partial charge in [0, 0.05) is 6.54 Å². The lowest BCUT2D eigenvalue weighted by atomic mass is 10.1. The highest BCUT2D eigenvalue weighted by Crippen LogP contribution is 2.18. The maximum atomic E-state index is 12.7. The normalized spacial score (nSPS) is 10.9. The molecule has 0 saturated heterocycles. The van der Waals surface area contributed by atoms with Gasteiger partial charge in [-0.15, -0.1) is 0 Å². The molecule has 2 rings (SSSR count). The lowest BCUT2D eigenvalue weighted by molar-refractivity contribution is -0.117. The fraction of sp³-hybridized carbons (Fsp3) is 0.273. The number of ether oxygens (including phenoxy) is 2. The maximum absolute atomic E-state index is 12.7. The van der Waals surface area contributed by atoms with Gasteiger partial charge in [-0.3, -0.25) is 9.59 Å². The average molecular weight is 382 g/mol. The van der Waals surface area contributed by atoms with Crippen LogP contribution in [0.2, 0.25) is 0 Å². The van der Waals surface area contributed by atoms with Crippen LogP contribution in [0.1, 0.15) is 35.7 Å². The topological polar surface area (TPSA) is 76.7 Å². The summed E-state index contributed by atoms with van der Waals surface area (Å²) in [5, 5.41) is 5.54. The lowest BCUT2D eigenvalue weighted by Gasteiger charge is -2.13. The minimum absolute atomic E-state index is 0.164. The second kappa shape index (κ2) is 10.8. The van der Waals surface area contributed by atoms with Gasteiger partial charge in [-0.05, 0) is 42.3 Å². The number of nitrogens with one attached hydrogen (secondary N) is 2. The van der Waals surface area contributed by atoms with E-state index in [-0.39, 0.29) is 11.6 Å². The monoisotopic (exact) mass is 382 g/mol. The van der Waals surface area contributed by atoms with E-state index in [0.717, 1.165) is 18.4 Å². The Balaban J connectivity index is 2.27. The van der Waals surface area contributed by atoms with Crippen molar-refractivity contribution in [2.45, 2.75) is 19.8 Å². The van der Waals surface area contributed by atoms with Crippen molar-refractivity contribution >= 4 is 17.9 Å².